The maximum Gasteiger partial charge on any atom is 0.332 e. The van der Waals surface area contributed by atoms with Crippen LogP contribution in [0.2, 0.25) is 0 Å². The number of amides is 2. The Hall–Kier alpha value is -4.73. The van der Waals surface area contributed by atoms with Gasteiger partial charge in [-0.05, 0) is 83.6 Å². The molecule has 2 aromatic heterocycles. The van der Waals surface area contributed by atoms with E-state index in [1.54, 1.807) is 32.1 Å². The number of methoxy groups -OCH3 is 1. The largest absolute Gasteiger partial charge is 0.496 e. The number of rotatable bonds is 15. The van der Waals surface area contributed by atoms with Gasteiger partial charge in [0, 0.05) is 42.2 Å². The van der Waals surface area contributed by atoms with E-state index in [9.17, 15) is 14.4 Å². The van der Waals surface area contributed by atoms with Gasteiger partial charge in [-0.2, -0.15) is 0 Å². The van der Waals surface area contributed by atoms with Crippen molar-refractivity contribution in [3.63, 3.8) is 0 Å². The number of carbonyl (C=O) groups excluding carboxylic acids is 3. The lowest BCUT2D eigenvalue weighted by molar-refractivity contribution is -0.150. The van der Waals surface area contributed by atoms with E-state index in [1.807, 2.05) is 56.3 Å². The van der Waals surface area contributed by atoms with Gasteiger partial charge in [0.2, 0.25) is 11.8 Å². The molecule has 2 fully saturated rings. The van der Waals surface area contributed by atoms with Gasteiger partial charge in [-0.15, -0.1) is 13.2 Å². The molecule has 0 saturated heterocycles. The standard InChI is InChI=1S/C39H48N4O6/c1-8-11-12-13-19-43(6)37(45)30-21-27(20-29(30)36(44)42-39(23-26(39)9-2)38(46)48-10-3)49-34-22-32(31-16-14-15-24(4)40-31)41-35-25(5)33(47-7)18-17-28(34)35/h8-9,14-18,22,26-27,29-30H,1-2,10-13,19-21,23H2,3-7H3,(H,42,44)/t26-,27-,29-,30-,39?/m1/s1. The third-order valence-electron chi connectivity index (χ3n) is 9.80. The molecule has 1 unspecified atom stereocenters. The zero-order chi connectivity index (χ0) is 35.3. The van der Waals surface area contributed by atoms with Gasteiger partial charge in [0.1, 0.15) is 23.1 Å². The molecule has 0 radical (unpaired) electrons. The number of hydrogen-bond acceptors (Lipinski definition) is 8. The molecule has 2 heterocycles. The Bertz CT molecular complexity index is 1740. The summed E-state index contributed by atoms with van der Waals surface area (Å²) in [6.07, 6.45) is 6.74. The molecule has 49 heavy (non-hydrogen) atoms. The molecule has 3 aromatic rings. The molecule has 10 nitrogen and oxygen atoms in total. The Morgan fingerprint density at radius 2 is 1.82 bits per heavy atom. The minimum atomic E-state index is -1.16. The molecule has 2 saturated carbocycles. The maximum atomic E-state index is 14.1. The van der Waals surface area contributed by atoms with Gasteiger partial charge < -0.3 is 24.4 Å². The number of fused-ring (bicyclic) bond motifs is 1. The fourth-order valence-electron chi connectivity index (χ4n) is 6.95. The smallest absolute Gasteiger partial charge is 0.332 e. The van der Waals surface area contributed by atoms with Crippen molar-refractivity contribution in [1.82, 2.24) is 20.2 Å². The Morgan fingerprint density at radius 3 is 2.49 bits per heavy atom. The van der Waals surface area contributed by atoms with E-state index < -0.39 is 29.4 Å². The summed E-state index contributed by atoms with van der Waals surface area (Å²) in [6, 6.07) is 11.5. The maximum absolute atomic E-state index is 14.1. The van der Waals surface area contributed by atoms with Gasteiger partial charge in [0.15, 0.2) is 0 Å². The number of esters is 1. The predicted octanol–water partition coefficient (Wildman–Crippen LogP) is 6.13. The molecule has 0 spiro atoms. The average molecular weight is 669 g/mol. The third-order valence-corrected chi connectivity index (χ3v) is 9.80. The first-order valence-electron chi connectivity index (χ1n) is 17.1. The van der Waals surface area contributed by atoms with E-state index in [0.717, 1.165) is 41.4 Å². The third kappa shape index (κ3) is 7.48. The first-order valence-corrected chi connectivity index (χ1v) is 17.1. The molecular formula is C39H48N4O6. The number of benzene rings is 1. The number of aromatic nitrogens is 2. The van der Waals surface area contributed by atoms with E-state index in [0.29, 0.717) is 48.7 Å². The molecule has 2 aliphatic rings. The van der Waals surface area contributed by atoms with Crippen LogP contribution in [0.25, 0.3) is 22.3 Å². The summed E-state index contributed by atoms with van der Waals surface area (Å²) < 4.78 is 17.7. The number of ether oxygens (including phenoxy) is 3. The second kappa shape index (κ2) is 15.2. The summed E-state index contributed by atoms with van der Waals surface area (Å²) in [5, 5.41) is 3.78. The molecule has 260 valence electrons. The molecule has 5 atom stereocenters. The fourth-order valence-corrected chi connectivity index (χ4v) is 6.95. The van der Waals surface area contributed by atoms with Crippen LogP contribution in [0, 0.1) is 31.6 Å². The van der Waals surface area contributed by atoms with E-state index >= 15 is 0 Å². The fraction of sp³-hybridized carbons (Fsp3) is 0.462. The van der Waals surface area contributed by atoms with Crippen LogP contribution in [0.4, 0.5) is 0 Å². The summed E-state index contributed by atoms with van der Waals surface area (Å²) in [5.74, 6) is -1.24. The number of pyridine rings is 2. The van der Waals surface area contributed by atoms with Crippen LogP contribution in [0.15, 0.2) is 61.7 Å². The molecule has 0 aliphatic heterocycles. The quantitative estimate of drug-likeness (QED) is 0.117. The number of carbonyl (C=O) groups is 3. The molecule has 1 N–H and O–H groups in total. The Morgan fingerprint density at radius 1 is 1.04 bits per heavy atom. The van der Waals surface area contributed by atoms with Crippen molar-refractivity contribution < 1.29 is 28.6 Å². The Labute approximate surface area is 288 Å². The first-order chi connectivity index (χ1) is 23.6. The van der Waals surface area contributed by atoms with Crippen molar-refractivity contribution in [3.8, 4) is 22.9 Å². The molecule has 1 aromatic carbocycles. The van der Waals surface area contributed by atoms with E-state index in [4.69, 9.17) is 24.2 Å². The van der Waals surface area contributed by atoms with Gasteiger partial charge in [-0.3, -0.25) is 14.6 Å². The summed E-state index contributed by atoms with van der Waals surface area (Å²) >= 11 is 0. The van der Waals surface area contributed by atoms with Gasteiger partial charge in [0.05, 0.1) is 42.5 Å². The van der Waals surface area contributed by atoms with Crippen molar-refractivity contribution >= 4 is 28.7 Å². The Balaban J connectivity index is 1.48. The summed E-state index contributed by atoms with van der Waals surface area (Å²) in [7, 11) is 3.40. The minimum absolute atomic E-state index is 0.115. The zero-order valence-electron chi connectivity index (χ0n) is 29.3. The van der Waals surface area contributed by atoms with Crippen molar-refractivity contribution in [2.45, 2.75) is 70.9 Å². The predicted molar refractivity (Wildman–Crippen MR) is 189 cm³/mol. The first kappa shape index (κ1) is 35.6. The average Bonchev–Trinajstić information content (AvgIpc) is 3.65. The number of hydrogen-bond donors (Lipinski definition) is 1. The second-order valence-electron chi connectivity index (χ2n) is 13.2. The van der Waals surface area contributed by atoms with Gasteiger partial charge in [-0.25, -0.2) is 9.78 Å². The van der Waals surface area contributed by atoms with Crippen LogP contribution in [-0.2, 0) is 19.1 Å². The summed E-state index contributed by atoms with van der Waals surface area (Å²) in [6.45, 7) is 14.0. The lowest BCUT2D eigenvalue weighted by Crippen LogP contribution is -2.50. The molecule has 2 amide bonds. The minimum Gasteiger partial charge on any atom is -0.496 e. The van der Waals surface area contributed by atoms with Gasteiger partial charge >= 0.3 is 5.97 Å². The van der Waals surface area contributed by atoms with Crippen molar-refractivity contribution in [2.24, 2.45) is 17.8 Å². The van der Waals surface area contributed by atoms with Gasteiger partial charge in [0.25, 0.3) is 0 Å². The molecule has 5 rings (SSSR count). The highest BCUT2D eigenvalue weighted by Gasteiger charge is 2.62. The number of unbranched alkanes of at least 4 members (excludes halogenated alkanes) is 2. The zero-order valence-corrected chi connectivity index (χ0v) is 29.3. The van der Waals surface area contributed by atoms with E-state index in [-0.39, 0.29) is 24.3 Å². The second-order valence-corrected chi connectivity index (χ2v) is 13.2. The highest BCUT2D eigenvalue weighted by Crippen LogP contribution is 2.47. The number of allylic oxidation sites excluding steroid dienone is 1. The van der Waals surface area contributed by atoms with Crippen LogP contribution in [-0.4, -0.2) is 71.6 Å². The summed E-state index contributed by atoms with van der Waals surface area (Å²) in [4.78, 5) is 52.5. The molecule has 0 bridgehead atoms. The van der Waals surface area contributed by atoms with Crippen molar-refractivity contribution in [3.05, 3.63) is 73.0 Å². The number of nitrogens with one attached hydrogen (secondary N) is 1. The van der Waals surface area contributed by atoms with Crippen LogP contribution < -0.4 is 14.8 Å². The lowest BCUT2D eigenvalue weighted by Gasteiger charge is -2.26. The highest BCUT2D eigenvalue weighted by molar-refractivity contribution is 5.95. The van der Waals surface area contributed by atoms with Crippen molar-refractivity contribution in [2.75, 3.05) is 27.3 Å². The van der Waals surface area contributed by atoms with E-state index in [2.05, 4.69) is 18.5 Å². The SMILES string of the molecule is C=CCCCCN(C)C(=O)[C@@H]1C[C@H](Oc2cc(-c3cccc(C)n3)nc3c(C)c(OC)ccc23)C[C@H]1C(=O)NC1(C(=O)OCC)C[C@H]1C=C. The van der Waals surface area contributed by atoms with Crippen molar-refractivity contribution in [1.29, 1.82) is 0 Å². The monoisotopic (exact) mass is 668 g/mol. The van der Waals surface area contributed by atoms with Crippen LogP contribution >= 0.6 is 0 Å². The Kier molecular flexibility index (Phi) is 11.1. The topological polar surface area (TPSA) is 120 Å². The van der Waals surface area contributed by atoms with E-state index in [1.165, 1.54) is 0 Å². The van der Waals surface area contributed by atoms with Crippen LogP contribution in [0.3, 0.4) is 0 Å². The van der Waals surface area contributed by atoms with Crippen LogP contribution in [0.5, 0.6) is 11.5 Å². The van der Waals surface area contributed by atoms with Crippen LogP contribution in [0.1, 0.15) is 56.7 Å². The molecule has 10 heteroatoms. The van der Waals surface area contributed by atoms with Gasteiger partial charge in [-0.1, -0.05) is 18.2 Å². The number of aryl methyl sites for hydroxylation is 2. The normalized spacial score (nSPS) is 22.6. The molecule has 2 aliphatic carbocycles. The highest BCUT2D eigenvalue weighted by atomic mass is 16.5. The lowest BCUT2D eigenvalue weighted by atomic mass is 9.93. The number of nitrogens with zero attached hydrogens (tertiary/aromatic N) is 3. The summed E-state index contributed by atoms with van der Waals surface area (Å²) in [5.41, 5.74) is 2.62. The molecular weight excluding hydrogens is 620 g/mol.